The van der Waals surface area contributed by atoms with Crippen molar-refractivity contribution in [3.8, 4) is 61.7 Å². The second-order valence-corrected chi connectivity index (χ2v) is 52.9. The molecule has 0 bridgehead atoms. The lowest BCUT2D eigenvalue weighted by atomic mass is 9.64. The van der Waals surface area contributed by atoms with Crippen molar-refractivity contribution >= 4 is 138 Å². The zero-order valence-electron chi connectivity index (χ0n) is 74.7. The average Bonchev–Trinajstić information content (AvgIpc) is 1.61. The Kier molecular flexibility index (Phi) is 31.5. The summed E-state index contributed by atoms with van der Waals surface area (Å²) in [7, 11) is -1.24. The van der Waals surface area contributed by atoms with Gasteiger partial charge in [-0.1, -0.05) is 37.8 Å². The van der Waals surface area contributed by atoms with Gasteiger partial charge in [0, 0.05) is 81.1 Å². The summed E-state index contributed by atoms with van der Waals surface area (Å²) in [6.07, 6.45) is 8.15. The number of halogens is 9. The van der Waals surface area contributed by atoms with Crippen LogP contribution in [0.4, 0.5) is 53.4 Å². The van der Waals surface area contributed by atoms with Gasteiger partial charge in [0.2, 0.25) is 0 Å². The Morgan fingerprint density at radius 2 is 0.828 bits per heavy atom. The summed E-state index contributed by atoms with van der Waals surface area (Å²) in [5.41, 5.74) is 20.3. The zero-order valence-corrected chi connectivity index (χ0v) is 82.7. The van der Waals surface area contributed by atoms with E-state index in [1.807, 2.05) is 34.6 Å². The van der Waals surface area contributed by atoms with Crippen molar-refractivity contribution < 1.29 is 73.3 Å². The topological polar surface area (TPSA) is 362 Å². The van der Waals surface area contributed by atoms with Gasteiger partial charge in [-0.05, 0) is 283 Å². The number of nitrogens with two attached hydrogens (primary N) is 3. The monoisotopic (exact) mass is 2060 g/mol. The average molecular weight is 2070 g/mol. The molecule has 3 saturated heterocycles. The van der Waals surface area contributed by atoms with Crippen LogP contribution < -0.4 is 22.7 Å². The molecule has 3 aromatic carbocycles. The molecule has 8 aromatic heterocycles. The van der Waals surface area contributed by atoms with Gasteiger partial charge in [0.15, 0.2) is 52.4 Å². The van der Waals surface area contributed by atoms with Crippen LogP contribution in [0.25, 0.3) is 61.7 Å². The number of thiophene rings is 2. The fraction of sp³-hybridized carbons (Fsp3) is 0.446. The van der Waals surface area contributed by atoms with E-state index in [4.69, 9.17) is 54.6 Å². The van der Waals surface area contributed by atoms with Crippen LogP contribution in [-0.4, -0.2) is 197 Å². The van der Waals surface area contributed by atoms with E-state index in [0.717, 1.165) is 63.3 Å². The maximum Gasteiger partial charge on any atom is 0.496 e. The number of carbonyl (C=O) groups excluding carboxylic acids is 2. The molecule has 16 rings (SSSR count). The van der Waals surface area contributed by atoms with E-state index < -0.39 is 58.8 Å². The third kappa shape index (κ3) is 23.0. The molecule has 0 aliphatic carbocycles. The van der Waals surface area contributed by atoms with Crippen molar-refractivity contribution in [1.29, 1.82) is 0 Å². The van der Waals surface area contributed by atoms with E-state index in [9.17, 15) is 35.9 Å². The van der Waals surface area contributed by atoms with Gasteiger partial charge in [-0.15, -0.1) is 59.8 Å². The van der Waals surface area contributed by atoms with Gasteiger partial charge in [-0.2, -0.15) is 14.0 Å². The molecule has 45 heteroatoms. The number of tetrazole rings is 3. The summed E-state index contributed by atoms with van der Waals surface area (Å²) >= 11 is 12.7. The first-order valence-corrected chi connectivity index (χ1v) is 50.9. The van der Waals surface area contributed by atoms with Crippen molar-refractivity contribution in [1.82, 2.24) is 85.4 Å². The normalized spacial score (nSPS) is 16.7. The van der Waals surface area contributed by atoms with Gasteiger partial charge < -0.3 is 64.4 Å². The van der Waals surface area contributed by atoms with E-state index in [2.05, 4.69) is 202 Å². The van der Waals surface area contributed by atoms with Crippen LogP contribution in [0.2, 0.25) is 25.9 Å². The largest absolute Gasteiger partial charge is 0.496 e. The zero-order chi connectivity index (χ0) is 93.8. The highest BCUT2D eigenvalue weighted by Gasteiger charge is 2.57. The molecule has 5 aliphatic rings. The number of hydrogen-bond acceptors (Lipinski definition) is 27. The summed E-state index contributed by atoms with van der Waals surface area (Å²) in [5, 5.41) is 34.0. The Morgan fingerprint density at radius 3 is 1.23 bits per heavy atom. The molecule has 0 atom stereocenters. The van der Waals surface area contributed by atoms with Gasteiger partial charge >= 0.3 is 33.5 Å². The number of ether oxygens (including phenoxy) is 2. The van der Waals surface area contributed by atoms with Crippen LogP contribution in [0.5, 0.6) is 0 Å². The second kappa shape index (κ2) is 40.4. The minimum Gasteiger partial charge on any atom is -0.450 e. The molecular weight excluding hydrogens is 1960 g/mol. The van der Waals surface area contributed by atoms with Crippen molar-refractivity contribution in [3.05, 3.63) is 166 Å². The standard InChI is InChI=1S/C24H23F2N7O2S.C19H21BF2N6O2.C13H26B2O4.C13H9BrF2N6.C11H14BrNO2S.C3H9ISi/c1-3-35-24(34)32-8-6-14-11-19(36-18(14)7-9-32)15-10-16(22(27)28-12-15)23-29-30-31-33(23)17-5-4-13(2)20(25)21(17)26;1-10-6-7-13(15(22)14(10)21)28-17(25-26-27-28)12-8-11(9-24-16(12)23)20-29-18(2,3)19(4,5)30-20;1-10(2)11(3,4)17-14(16-10)9-15-18-12(5,6)13(7,8)19-15;1-6-2-3-9(11(16)10(6)15)22-13(19-20-21-22)8-4-7(14)5-18-12(8)17;1-2-15-11(14)13-5-3-8-7-10(12)16-9(8)4-6-13;1-5(2,3)4/h4-5,10-12H,3,6-9H2,1-2H3,(H2,27,28);6-9H,1-5H3,(H2,23,24);9H2,1-8H3;2-5H,1H3,(H2,17,18);7H,2-6H2,1H3;1-3H3. The summed E-state index contributed by atoms with van der Waals surface area (Å²) in [4.78, 5) is 43.3. The van der Waals surface area contributed by atoms with E-state index in [1.165, 1.54) is 88.0 Å². The molecule has 0 spiro atoms. The summed E-state index contributed by atoms with van der Waals surface area (Å²) in [6, 6.07) is 17.9. The molecule has 13 heterocycles. The number of aryl methyl sites for hydroxylation is 3. The number of benzene rings is 3. The predicted octanol–water partition coefficient (Wildman–Crippen LogP) is 17.1. The molecule has 3 fully saturated rings. The highest BCUT2D eigenvalue weighted by Crippen LogP contribution is 2.44. The molecule has 30 nitrogen and oxygen atoms in total. The number of anilines is 3. The van der Waals surface area contributed by atoms with E-state index in [0.29, 0.717) is 59.1 Å². The Bertz CT molecular complexity index is 5720. The van der Waals surface area contributed by atoms with Crippen LogP contribution in [-0.2, 0) is 63.1 Å². The van der Waals surface area contributed by atoms with Crippen LogP contribution in [0.1, 0.15) is 135 Å². The maximum atomic E-state index is 14.7. The number of nitrogens with zero attached hydrogens (tertiary/aromatic N) is 17. The molecule has 11 aromatic rings. The van der Waals surface area contributed by atoms with Crippen molar-refractivity contribution in [2.24, 2.45) is 0 Å². The number of carbonyl (C=O) groups is 2. The highest BCUT2D eigenvalue weighted by molar-refractivity contribution is 14.1. The molecule has 0 radical (unpaired) electrons. The van der Waals surface area contributed by atoms with Crippen LogP contribution in [0, 0.1) is 55.7 Å². The Hall–Kier alpha value is -8.90. The lowest BCUT2D eigenvalue weighted by Gasteiger charge is -2.32. The lowest BCUT2D eigenvalue weighted by Crippen LogP contribution is -2.41. The SMILES string of the molecule is CC1(C)OB(CB2OC(C)(C)C(C)(C)O2)OC1(C)C.CCOC(=O)N1CCc2cc(-c3cnc(N)c(-c4nnnn4-c4ccc(C)c(F)c4F)c3)sc2CC1.CCOC(=O)N1CCc2cc(Br)sc2CC1.C[Si](C)(C)I.Cc1ccc(-n2nnnc2-c2cc(B3OC(C)(C)C(C)(C)O3)cnc2N)c(F)c1F.Cc1ccc(-n2nnnc2-c2cc(Br)cnc2N)c(F)c1F. The second-order valence-electron chi connectivity index (χ2n) is 34.5. The smallest absolute Gasteiger partial charge is 0.450 e. The molecule has 682 valence electrons. The Labute approximate surface area is 778 Å². The van der Waals surface area contributed by atoms with Gasteiger partial charge in [0.1, 0.15) is 40.1 Å². The van der Waals surface area contributed by atoms with Crippen molar-refractivity contribution in [2.75, 3.05) is 56.6 Å². The highest BCUT2D eigenvalue weighted by atomic mass is 127. The number of fused-ring (bicyclic) bond motifs is 2. The number of aromatic nitrogens is 15. The summed E-state index contributed by atoms with van der Waals surface area (Å²) in [5.74, 6) is -5.14. The first-order valence-electron chi connectivity index (χ1n) is 41.1. The van der Waals surface area contributed by atoms with Gasteiger partial charge in [0.05, 0.1) is 67.3 Å². The third-order valence-electron chi connectivity index (χ3n) is 22.5. The van der Waals surface area contributed by atoms with E-state index >= 15 is 0 Å². The van der Waals surface area contributed by atoms with Crippen LogP contribution in [0.3, 0.4) is 0 Å². The first-order chi connectivity index (χ1) is 59.9. The summed E-state index contributed by atoms with van der Waals surface area (Å²) in [6.45, 7) is 42.7. The molecule has 6 N–H and O–H groups in total. The van der Waals surface area contributed by atoms with E-state index in [-0.39, 0.29) is 118 Å². The van der Waals surface area contributed by atoms with Crippen molar-refractivity contribution in [2.45, 2.75) is 203 Å². The van der Waals surface area contributed by atoms with Crippen LogP contribution in [0.15, 0.2) is 93.6 Å². The third-order valence-corrected chi connectivity index (χ3v) is 25.9. The van der Waals surface area contributed by atoms with Gasteiger partial charge in [-0.25, -0.2) is 50.9 Å². The fourth-order valence-electron chi connectivity index (χ4n) is 13.3. The number of hydrogen-bond donors (Lipinski definition) is 3. The first kappa shape index (κ1) is 99.7. The quantitative estimate of drug-likeness (QED) is 0.0442. The molecule has 5 aliphatic heterocycles. The molecule has 0 unspecified atom stereocenters. The van der Waals surface area contributed by atoms with Crippen LogP contribution >= 0.6 is 76.3 Å². The van der Waals surface area contributed by atoms with Gasteiger partial charge in [-0.3, -0.25) is 0 Å². The minimum absolute atomic E-state index is 0.109. The fourth-order valence-corrected chi connectivity index (χ4v) is 16.6. The van der Waals surface area contributed by atoms with E-state index in [1.54, 1.807) is 70.0 Å². The molecule has 2 amide bonds. The Balaban J connectivity index is 0.000000157. The molecular formula is C83H102B3Br2F6IN20O10S2Si. The number of amides is 2. The Morgan fingerprint density at radius 1 is 0.484 bits per heavy atom. The van der Waals surface area contributed by atoms with Gasteiger partial charge in [0.25, 0.3) is 0 Å². The predicted molar refractivity (Wildman–Crippen MR) is 499 cm³/mol. The number of nitrogen functional groups attached to an aromatic ring is 3. The summed E-state index contributed by atoms with van der Waals surface area (Å²) < 4.78 is 137. The number of pyridine rings is 3. The minimum atomic E-state index is -1.06. The molecule has 0 saturated carbocycles. The van der Waals surface area contributed by atoms with Crippen molar-refractivity contribution in [3.63, 3.8) is 0 Å². The number of rotatable bonds is 12. The maximum absolute atomic E-state index is 14.7. The molecule has 128 heavy (non-hydrogen) atoms. The lowest BCUT2D eigenvalue weighted by molar-refractivity contribution is 0.00578.